The molecular formula is C26H30N4O3. The summed E-state index contributed by atoms with van der Waals surface area (Å²) in [4.78, 5) is 41.2. The molecule has 7 nitrogen and oxygen atoms in total. The standard InChI is InChI=1S/C26H30N4O3/c1-19(2)17-29(18-21-8-6-7-20(15-21)16-27)26(33)25(32)28-22-10-12-23(13-11-22)30-14-5-3-4-9-24(30)31/h6-8,10-13,15,19H,3-5,9,14,17-18H2,1-2H3,(H,28,32). The summed E-state index contributed by atoms with van der Waals surface area (Å²) in [5.41, 5.74) is 2.60. The molecule has 0 radical (unpaired) electrons. The second-order valence-electron chi connectivity index (χ2n) is 8.75. The largest absolute Gasteiger partial charge is 0.330 e. The normalized spacial score (nSPS) is 13.9. The number of nitrogens with one attached hydrogen (secondary N) is 1. The topological polar surface area (TPSA) is 93.5 Å². The van der Waals surface area contributed by atoms with Gasteiger partial charge in [0.05, 0.1) is 11.6 Å². The minimum atomic E-state index is -0.717. The summed E-state index contributed by atoms with van der Waals surface area (Å²) in [7, 11) is 0. The van der Waals surface area contributed by atoms with Crippen molar-refractivity contribution in [3.63, 3.8) is 0 Å². The molecule has 0 aliphatic carbocycles. The van der Waals surface area contributed by atoms with Gasteiger partial charge >= 0.3 is 11.8 Å². The van der Waals surface area contributed by atoms with Crippen LogP contribution >= 0.6 is 0 Å². The number of nitrogens with zero attached hydrogens (tertiary/aromatic N) is 3. The van der Waals surface area contributed by atoms with Crippen LogP contribution in [0.2, 0.25) is 0 Å². The van der Waals surface area contributed by atoms with Crippen LogP contribution in [0.1, 0.15) is 50.7 Å². The number of benzene rings is 2. The molecule has 1 aliphatic heterocycles. The van der Waals surface area contributed by atoms with Gasteiger partial charge < -0.3 is 15.1 Å². The first-order valence-corrected chi connectivity index (χ1v) is 11.4. The van der Waals surface area contributed by atoms with Crippen molar-refractivity contribution in [3.8, 4) is 6.07 Å². The molecule has 7 heteroatoms. The van der Waals surface area contributed by atoms with Crippen LogP contribution in [-0.2, 0) is 20.9 Å². The highest BCUT2D eigenvalue weighted by Gasteiger charge is 2.24. The first-order valence-electron chi connectivity index (χ1n) is 11.4. The minimum absolute atomic E-state index is 0.115. The van der Waals surface area contributed by atoms with Crippen LogP contribution in [-0.4, -0.2) is 35.7 Å². The molecule has 2 aromatic carbocycles. The van der Waals surface area contributed by atoms with Crippen LogP contribution in [0.4, 0.5) is 11.4 Å². The quantitative estimate of drug-likeness (QED) is 0.677. The molecule has 0 atom stereocenters. The van der Waals surface area contributed by atoms with Crippen molar-refractivity contribution in [1.82, 2.24) is 4.90 Å². The molecule has 1 N–H and O–H groups in total. The summed E-state index contributed by atoms with van der Waals surface area (Å²) in [6.45, 7) is 5.31. The Kier molecular flexibility index (Phi) is 8.20. The van der Waals surface area contributed by atoms with Gasteiger partial charge in [-0.05, 0) is 60.7 Å². The molecule has 0 aromatic heterocycles. The van der Waals surface area contributed by atoms with E-state index in [-0.39, 0.29) is 18.4 Å². The number of hydrogen-bond acceptors (Lipinski definition) is 4. The van der Waals surface area contributed by atoms with E-state index >= 15 is 0 Å². The third-order valence-electron chi connectivity index (χ3n) is 5.51. The smallest absolute Gasteiger partial charge is 0.313 e. The van der Waals surface area contributed by atoms with Crippen LogP contribution in [0.25, 0.3) is 0 Å². The second kappa shape index (κ2) is 11.3. The van der Waals surface area contributed by atoms with E-state index in [1.54, 1.807) is 47.4 Å². The Balaban J connectivity index is 1.68. The molecule has 0 spiro atoms. The molecule has 1 aliphatic rings. The van der Waals surface area contributed by atoms with Crippen LogP contribution in [0, 0.1) is 17.2 Å². The zero-order chi connectivity index (χ0) is 23.8. The third kappa shape index (κ3) is 6.66. The van der Waals surface area contributed by atoms with Gasteiger partial charge in [-0.1, -0.05) is 32.4 Å². The SMILES string of the molecule is CC(C)CN(Cc1cccc(C#N)c1)C(=O)C(=O)Nc1ccc(N2CCCCCC2=O)cc1. The molecule has 3 rings (SSSR count). The van der Waals surface area contributed by atoms with Crippen molar-refractivity contribution < 1.29 is 14.4 Å². The van der Waals surface area contributed by atoms with Crippen LogP contribution < -0.4 is 10.2 Å². The summed E-state index contributed by atoms with van der Waals surface area (Å²) in [6, 6.07) is 16.1. The average Bonchev–Trinajstić information content (AvgIpc) is 3.02. The van der Waals surface area contributed by atoms with E-state index in [1.165, 1.54) is 4.90 Å². The highest BCUT2D eigenvalue weighted by Crippen LogP contribution is 2.22. The van der Waals surface area contributed by atoms with Gasteiger partial charge in [-0.25, -0.2) is 0 Å². The Morgan fingerprint density at radius 2 is 1.88 bits per heavy atom. The molecular weight excluding hydrogens is 416 g/mol. The molecule has 0 unspecified atom stereocenters. The Morgan fingerprint density at radius 3 is 2.58 bits per heavy atom. The molecule has 33 heavy (non-hydrogen) atoms. The maximum atomic E-state index is 12.9. The van der Waals surface area contributed by atoms with Gasteiger partial charge in [0.1, 0.15) is 0 Å². The predicted molar refractivity (Wildman–Crippen MR) is 127 cm³/mol. The van der Waals surface area contributed by atoms with Gasteiger partial charge in [-0.3, -0.25) is 14.4 Å². The number of anilines is 2. The number of nitriles is 1. The van der Waals surface area contributed by atoms with Gasteiger partial charge in [-0.15, -0.1) is 0 Å². The van der Waals surface area contributed by atoms with Crippen molar-refractivity contribution >= 4 is 29.1 Å². The lowest BCUT2D eigenvalue weighted by molar-refractivity contribution is -0.143. The number of rotatable bonds is 6. The molecule has 2 aromatic rings. The van der Waals surface area contributed by atoms with E-state index in [4.69, 9.17) is 5.26 Å². The molecule has 172 valence electrons. The second-order valence-corrected chi connectivity index (χ2v) is 8.75. The lowest BCUT2D eigenvalue weighted by atomic mass is 10.1. The molecule has 1 heterocycles. The van der Waals surface area contributed by atoms with E-state index in [2.05, 4.69) is 11.4 Å². The van der Waals surface area contributed by atoms with Crippen molar-refractivity contribution in [2.45, 2.75) is 46.1 Å². The highest BCUT2D eigenvalue weighted by atomic mass is 16.2. The fourth-order valence-corrected chi connectivity index (χ4v) is 3.93. The van der Waals surface area contributed by atoms with Crippen molar-refractivity contribution in [1.29, 1.82) is 5.26 Å². The van der Waals surface area contributed by atoms with Gasteiger partial charge in [0.15, 0.2) is 0 Å². The van der Waals surface area contributed by atoms with Crippen molar-refractivity contribution in [2.75, 3.05) is 23.3 Å². The Hall–Kier alpha value is -3.66. The Labute approximate surface area is 195 Å². The maximum absolute atomic E-state index is 12.9. The molecule has 0 bridgehead atoms. The lowest BCUT2D eigenvalue weighted by Crippen LogP contribution is -2.41. The summed E-state index contributed by atoms with van der Waals surface area (Å²) in [6.07, 6.45) is 3.49. The fraction of sp³-hybridized carbons (Fsp3) is 0.385. The summed E-state index contributed by atoms with van der Waals surface area (Å²) in [5, 5.41) is 11.8. The zero-order valence-corrected chi connectivity index (χ0v) is 19.2. The zero-order valence-electron chi connectivity index (χ0n) is 19.2. The third-order valence-corrected chi connectivity index (χ3v) is 5.51. The lowest BCUT2D eigenvalue weighted by Gasteiger charge is -2.24. The van der Waals surface area contributed by atoms with Crippen LogP contribution in [0.3, 0.4) is 0 Å². The average molecular weight is 447 g/mol. The van der Waals surface area contributed by atoms with Gasteiger partial charge in [0, 0.05) is 37.4 Å². The van der Waals surface area contributed by atoms with E-state index in [0.717, 1.165) is 30.5 Å². The summed E-state index contributed by atoms with van der Waals surface area (Å²) < 4.78 is 0. The first kappa shape index (κ1) is 24.0. The number of carbonyl (C=O) groups is 3. The van der Waals surface area contributed by atoms with Crippen molar-refractivity contribution in [2.24, 2.45) is 5.92 Å². The summed E-state index contributed by atoms with van der Waals surface area (Å²) >= 11 is 0. The van der Waals surface area contributed by atoms with Crippen molar-refractivity contribution in [3.05, 3.63) is 59.7 Å². The van der Waals surface area contributed by atoms with Crippen LogP contribution in [0.15, 0.2) is 48.5 Å². The minimum Gasteiger partial charge on any atom is -0.330 e. The Bertz CT molecular complexity index is 1040. The first-order chi connectivity index (χ1) is 15.9. The number of carbonyl (C=O) groups excluding carboxylic acids is 3. The predicted octanol–water partition coefficient (Wildman–Crippen LogP) is 4.09. The van der Waals surface area contributed by atoms with E-state index < -0.39 is 11.8 Å². The Morgan fingerprint density at radius 1 is 1.12 bits per heavy atom. The monoisotopic (exact) mass is 446 g/mol. The highest BCUT2D eigenvalue weighted by molar-refractivity contribution is 6.39. The van der Waals surface area contributed by atoms with E-state index in [0.29, 0.717) is 30.8 Å². The molecule has 1 fully saturated rings. The van der Waals surface area contributed by atoms with Crippen LogP contribution in [0.5, 0.6) is 0 Å². The summed E-state index contributed by atoms with van der Waals surface area (Å²) in [5.74, 6) is -1.06. The number of amides is 3. The van der Waals surface area contributed by atoms with Gasteiger partial charge in [0.2, 0.25) is 5.91 Å². The van der Waals surface area contributed by atoms with Gasteiger partial charge in [0.25, 0.3) is 0 Å². The molecule has 0 saturated carbocycles. The van der Waals surface area contributed by atoms with E-state index in [9.17, 15) is 14.4 Å². The number of hydrogen-bond donors (Lipinski definition) is 1. The van der Waals surface area contributed by atoms with E-state index in [1.807, 2.05) is 19.9 Å². The molecule has 1 saturated heterocycles. The molecule has 3 amide bonds. The van der Waals surface area contributed by atoms with Gasteiger partial charge in [-0.2, -0.15) is 5.26 Å². The maximum Gasteiger partial charge on any atom is 0.313 e. The fourth-order valence-electron chi connectivity index (χ4n) is 3.93.